The first kappa shape index (κ1) is 29.8. The average Bonchev–Trinajstić information content (AvgIpc) is 3.48. The van der Waals surface area contributed by atoms with E-state index in [2.05, 4.69) is 25.6 Å². The molecule has 3 heterocycles. The first-order valence-electron chi connectivity index (χ1n) is 14.2. The molecule has 6 aromatic rings. The molecule has 3 aromatic heterocycles. The van der Waals surface area contributed by atoms with E-state index in [1.165, 1.54) is 54.3 Å². The van der Waals surface area contributed by atoms with Crippen LogP contribution in [0.1, 0.15) is 24.2 Å². The van der Waals surface area contributed by atoms with Gasteiger partial charge in [-0.3, -0.25) is 19.0 Å². The fraction of sp³-hybridized carbons (Fsp3) is 0.0882. The number of anilines is 2. The van der Waals surface area contributed by atoms with Crippen LogP contribution in [0.15, 0.2) is 102 Å². The van der Waals surface area contributed by atoms with Gasteiger partial charge in [0.25, 0.3) is 11.5 Å². The Balaban J connectivity index is 1.25. The molecular formula is C34H27FN6O5. The molecule has 0 radical (unpaired) electrons. The van der Waals surface area contributed by atoms with Gasteiger partial charge in [-0.25, -0.2) is 14.4 Å². The van der Waals surface area contributed by atoms with Crippen LogP contribution in [-0.2, 0) is 4.79 Å². The first-order valence-corrected chi connectivity index (χ1v) is 14.2. The molecule has 11 nitrogen and oxygen atoms in total. The number of aromatic nitrogens is 4. The molecule has 0 spiro atoms. The van der Waals surface area contributed by atoms with Crippen LogP contribution in [-0.4, -0.2) is 37.9 Å². The Morgan fingerprint density at radius 3 is 2.48 bits per heavy atom. The van der Waals surface area contributed by atoms with E-state index in [4.69, 9.17) is 9.47 Å². The number of hydrogen-bond acceptors (Lipinski definition) is 7. The molecule has 0 unspecified atom stereocenters. The summed E-state index contributed by atoms with van der Waals surface area (Å²) in [5, 5.41) is 6.17. The van der Waals surface area contributed by atoms with Crippen molar-refractivity contribution < 1.29 is 23.5 Å². The molecule has 3 N–H and O–H groups in total. The number of pyridine rings is 1. The third-order valence-electron chi connectivity index (χ3n) is 6.94. The maximum Gasteiger partial charge on any atom is 0.271 e. The number of rotatable bonds is 9. The number of fused-ring (bicyclic) bond motifs is 1. The lowest BCUT2D eigenvalue weighted by Crippen LogP contribution is -2.29. The van der Waals surface area contributed by atoms with Gasteiger partial charge in [-0.05, 0) is 79.2 Å². The van der Waals surface area contributed by atoms with Crippen molar-refractivity contribution >= 4 is 34.2 Å². The van der Waals surface area contributed by atoms with Crippen LogP contribution in [0.2, 0.25) is 0 Å². The number of amides is 2. The van der Waals surface area contributed by atoms with Gasteiger partial charge in [0.15, 0.2) is 0 Å². The smallest absolute Gasteiger partial charge is 0.271 e. The molecule has 0 fully saturated rings. The molecule has 6 rings (SSSR count). The number of H-pyrrole nitrogens is 1. The van der Waals surface area contributed by atoms with Crippen molar-refractivity contribution in [3.05, 3.63) is 119 Å². The van der Waals surface area contributed by atoms with Gasteiger partial charge >= 0.3 is 0 Å². The minimum Gasteiger partial charge on any atom is -0.493 e. The van der Waals surface area contributed by atoms with Crippen molar-refractivity contribution in [1.82, 2.24) is 19.5 Å². The van der Waals surface area contributed by atoms with Crippen molar-refractivity contribution in [2.45, 2.75) is 13.8 Å². The fourth-order valence-electron chi connectivity index (χ4n) is 4.93. The fourth-order valence-corrected chi connectivity index (χ4v) is 4.93. The van der Waals surface area contributed by atoms with Crippen LogP contribution in [0.3, 0.4) is 0 Å². The maximum atomic E-state index is 13.5. The van der Waals surface area contributed by atoms with Crippen LogP contribution in [0.4, 0.5) is 15.8 Å². The number of nitrogens with one attached hydrogen (secondary N) is 3. The average molecular weight is 619 g/mol. The summed E-state index contributed by atoms with van der Waals surface area (Å²) in [7, 11) is 0. The zero-order valence-electron chi connectivity index (χ0n) is 24.7. The van der Waals surface area contributed by atoms with E-state index in [1.54, 1.807) is 43.5 Å². The number of hydrogen-bond donors (Lipinski definition) is 3. The Hall–Kier alpha value is -6.30. The molecule has 12 heteroatoms. The number of nitrogens with zero attached hydrogens (tertiary/aromatic N) is 3. The van der Waals surface area contributed by atoms with E-state index in [0.717, 1.165) is 11.1 Å². The predicted molar refractivity (Wildman–Crippen MR) is 171 cm³/mol. The lowest BCUT2D eigenvalue weighted by Gasteiger charge is -2.14. The monoisotopic (exact) mass is 618 g/mol. The van der Waals surface area contributed by atoms with Gasteiger partial charge in [0.2, 0.25) is 11.8 Å². The topological polar surface area (TPSA) is 140 Å². The van der Waals surface area contributed by atoms with Gasteiger partial charge < -0.3 is 25.1 Å². The highest BCUT2D eigenvalue weighted by atomic mass is 19.1. The number of benzene rings is 3. The quantitative estimate of drug-likeness (QED) is 0.172. The van der Waals surface area contributed by atoms with Gasteiger partial charge in [-0.15, -0.1) is 0 Å². The minimum atomic E-state index is -0.672. The molecule has 2 amide bonds. The number of ether oxygens (including phenoxy) is 2. The summed E-state index contributed by atoms with van der Waals surface area (Å²) < 4.78 is 26.4. The molecule has 46 heavy (non-hydrogen) atoms. The zero-order valence-corrected chi connectivity index (χ0v) is 24.7. The largest absolute Gasteiger partial charge is 0.493 e. The van der Waals surface area contributed by atoms with Crippen molar-refractivity contribution in [2.24, 2.45) is 0 Å². The van der Waals surface area contributed by atoms with Crippen molar-refractivity contribution in [3.8, 4) is 34.2 Å². The Kier molecular flexibility index (Phi) is 8.24. The Morgan fingerprint density at radius 1 is 0.957 bits per heavy atom. The molecule has 0 atom stereocenters. The molecule has 0 aliphatic rings. The second-order valence-electron chi connectivity index (χ2n) is 10.1. The first-order chi connectivity index (χ1) is 22.3. The highest BCUT2D eigenvalue weighted by Gasteiger charge is 2.21. The summed E-state index contributed by atoms with van der Waals surface area (Å²) in [5.41, 5.74) is 2.80. The standard InChI is InChI=1S/C34H27FN6O5/c1-3-45-28-15-16-41(25-11-7-22(35)8-12-25)34(44)30(28)32(43)40-23-9-13-26(14-10-23)46-33-29-27(18-36-31(29)37-19-38-33)21-5-4-6-24(17-21)39-20(2)42/h4-19H,3H2,1-2H3,(H,39,42)(H,40,43)(H,36,37,38). The number of carbonyl (C=O) groups excluding carboxylic acids is 2. The summed E-state index contributed by atoms with van der Waals surface area (Å²) in [6, 6.07) is 20.8. The predicted octanol–water partition coefficient (Wildman–Crippen LogP) is 6.32. The molecule has 230 valence electrons. The van der Waals surface area contributed by atoms with Gasteiger partial charge in [-0.2, -0.15) is 0 Å². The summed E-state index contributed by atoms with van der Waals surface area (Å²) >= 11 is 0. The SMILES string of the molecule is CCOc1ccn(-c2ccc(F)cc2)c(=O)c1C(=O)Nc1ccc(Oc2ncnc3[nH]cc(-c4cccc(NC(C)=O)c4)c23)cc1. The summed E-state index contributed by atoms with van der Waals surface area (Å²) in [6.45, 7) is 3.43. The number of carbonyl (C=O) groups is 2. The highest BCUT2D eigenvalue weighted by Crippen LogP contribution is 2.36. The molecule has 0 saturated heterocycles. The van der Waals surface area contributed by atoms with Crippen LogP contribution < -0.4 is 25.7 Å². The third kappa shape index (κ3) is 6.17. The van der Waals surface area contributed by atoms with Gasteiger partial charge in [0, 0.05) is 41.9 Å². The Bertz CT molecular complexity index is 2120. The molecule has 0 bridgehead atoms. The molecule has 0 aliphatic carbocycles. The Morgan fingerprint density at radius 2 is 1.74 bits per heavy atom. The Labute approximate surface area is 261 Å². The summed E-state index contributed by atoms with van der Waals surface area (Å²) in [5.74, 6) is -0.431. The van der Waals surface area contributed by atoms with Gasteiger partial charge in [-0.1, -0.05) is 12.1 Å². The molecule has 0 saturated carbocycles. The zero-order chi connectivity index (χ0) is 32.2. The second kappa shape index (κ2) is 12.7. The second-order valence-corrected chi connectivity index (χ2v) is 10.1. The van der Waals surface area contributed by atoms with Crippen LogP contribution in [0, 0.1) is 5.82 Å². The number of aromatic amines is 1. The summed E-state index contributed by atoms with van der Waals surface area (Å²) in [4.78, 5) is 50.1. The van der Waals surface area contributed by atoms with Crippen LogP contribution >= 0.6 is 0 Å². The van der Waals surface area contributed by atoms with E-state index in [9.17, 15) is 18.8 Å². The van der Waals surface area contributed by atoms with Crippen LogP contribution in [0.25, 0.3) is 27.8 Å². The van der Waals surface area contributed by atoms with E-state index < -0.39 is 17.3 Å². The lowest BCUT2D eigenvalue weighted by atomic mass is 10.1. The highest BCUT2D eigenvalue weighted by molar-refractivity contribution is 6.06. The van der Waals surface area contributed by atoms with Crippen LogP contribution in [0.5, 0.6) is 17.4 Å². The molecule has 3 aromatic carbocycles. The molecule has 0 aliphatic heterocycles. The van der Waals surface area contributed by atoms with E-state index >= 15 is 0 Å². The normalized spacial score (nSPS) is 10.8. The van der Waals surface area contributed by atoms with Crippen molar-refractivity contribution in [2.75, 3.05) is 17.2 Å². The number of halogens is 1. The van der Waals surface area contributed by atoms with E-state index in [-0.39, 0.29) is 23.8 Å². The minimum absolute atomic E-state index is 0.126. The van der Waals surface area contributed by atoms with Gasteiger partial charge in [0.1, 0.15) is 34.9 Å². The van der Waals surface area contributed by atoms with E-state index in [1.807, 2.05) is 18.2 Å². The van der Waals surface area contributed by atoms with Crippen molar-refractivity contribution in [1.29, 1.82) is 0 Å². The summed E-state index contributed by atoms with van der Waals surface area (Å²) in [6.07, 6.45) is 4.65. The lowest BCUT2D eigenvalue weighted by molar-refractivity contribution is -0.114. The van der Waals surface area contributed by atoms with E-state index in [0.29, 0.717) is 39.7 Å². The molecular weight excluding hydrogens is 591 g/mol. The third-order valence-corrected chi connectivity index (χ3v) is 6.94. The maximum absolute atomic E-state index is 13.5. The van der Waals surface area contributed by atoms with Gasteiger partial charge in [0.05, 0.1) is 12.0 Å². The van der Waals surface area contributed by atoms with Crippen molar-refractivity contribution in [3.63, 3.8) is 0 Å².